The van der Waals surface area contributed by atoms with E-state index in [9.17, 15) is 0 Å². The van der Waals surface area contributed by atoms with E-state index >= 15 is 0 Å². The van der Waals surface area contributed by atoms with E-state index in [-0.39, 0.29) is 0 Å². The molecule has 0 atom stereocenters. The normalized spacial score (nSPS) is 16.1. The summed E-state index contributed by atoms with van der Waals surface area (Å²) in [6.07, 6.45) is 3.86. The lowest BCUT2D eigenvalue weighted by Gasteiger charge is -2.14. The molecule has 1 aliphatic rings. The van der Waals surface area contributed by atoms with E-state index in [1.807, 2.05) is 12.1 Å². The second-order valence-electron chi connectivity index (χ2n) is 4.29. The van der Waals surface area contributed by atoms with Crippen LogP contribution < -0.4 is 10.1 Å². The van der Waals surface area contributed by atoms with E-state index in [4.69, 9.17) is 4.74 Å². The van der Waals surface area contributed by atoms with Crippen molar-refractivity contribution in [2.45, 2.75) is 19.3 Å². The molecule has 0 saturated carbocycles. The summed E-state index contributed by atoms with van der Waals surface area (Å²) in [6.45, 7) is 4.65. The zero-order chi connectivity index (χ0) is 11.9. The van der Waals surface area contributed by atoms with Crippen LogP contribution in [0, 0.1) is 0 Å². The lowest BCUT2D eigenvalue weighted by molar-refractivity contribution is 0.337. The Bertz CT molecular complexity index is 322. The summed E-state index contributed by atoms with van der Waals surface area (Å²) in [5.74, 6) is 1.36. The predicted octanol–water partition coefficient (Wildman–Crippen LogP) is 1.38. The van der Waals surface area contributed by atoms with Gasteiger partial charge < -0.3 is 15.0 Å². The molecule has 0 bridgehead atoms. The van der Waals surface area contributed by atoms with E-state index in [2.05, 4.69) is 20.4 Å². The Kier molecular flexibility index (Phi) is 4.55. The zero-order valence-corrected chi connectivity index (χ0v) is 10.4. The Hall–Kier alpha value is -1.36. The van der Waals surface area contributed by atoms with Crippen LogP contribution in [-0.4, -0.2) is 48.4 Å². The minimum atomic E-state index is 0.549. The topological polar surface area (TPSA) is 50.3 Å². The highest BCUT2D eigenvalue weighted by atomic mass is 16.5. The number of aromatic nitrogens is 2. The molecule has 1 saturated heterocycles. The highest BCUT2D eigenvalue weighted by Crippen LogP contribution is 2.09. The molecule has 0 aromatic carbocycles. The molecule has 1 aromatic rings. The van der Waals surface area contributed by atoms with Crippen LogP contribution in [0.4, 0.5) is 5.82 Å². The minimum absolute atomic E-state index is 0.549. The van der Waals surface area contributed by atoms with Gasteiger partial charge in [0, 0.05) is 12.6 Å². The van der Waals surface area contributed by atoms with Crippen molar-refractivity contribution >= 4 is 5.82 Å². The van der Waals surface area contributed by atoms with Crippen LogP contribution in [0.2, 0.25) is 0 Å². The summed E-state index contributed by atoms with van der Waals surface area (Å²) in [5.41, 5.74) is 0. The average molecular weight is 236 g/mol. The maximum absolute atomic E-state index is 4.95. The first kappa shape index (κ1) is 12.1. The molecule has 0 unspecified atom stereocenters. The smallest absolute Gasteiger partial charge is 0.233 e. The molecular weight excluding hydrogens is 216 g/mol. The van der Waals surface area contributed by atoms with E-state index in [1.165, 1.54) is 32.5 Å². The first-order valence-corrected chi connectivity index (χ1v) is 6.22. The minimum Gasteiger partial charge on any atom is -0.480 e. The van der Waals surface area contributed by atoms with E-state index in [1.54, 1.807) is 7.11 Å². The molecule has 2 heterocycles. The molecule has 1 aliphatic heterocycles. The fraction of sp³-hybridized carbons (Fsp3) is 0.667. The van der Waals surface area contributed by atoms with Crippen LogP contribution in [0.25, 0.3) is 0 Å². The van der Waals surface area contributed by atoms with Gasteiger partial charge in [-0.05, 0) is 45.0 Å². The molecule has 0 spiro atoms. The van der Waals surface area contributed by atoms with Crippen molar-refractivity contribution < 1.29 is 4.74 Å². The summed E-state index contributed by atoms with van der Waals surface area (Å²) >= 11 is 0. The Morgan fingerprint density at radius 3 is 2.76 bits per heavy atom. The molecule has 17 heavy (non-hydrogen) atoms. The molecule has 0 amide bonds. The third-order valence-corrected chi connectivity index (χ3v) is 3.01. The number of anilines is 1. The number of ether oxygens (including phenoxy) is 1. The molecule has 1 aromatic heterocycles. The molecule has 5 heteroatoms. The van der Waals surface area contributed by atoms with Crippen LogP contribution >= 0.6 is 0 Å². The third-order valence-electron chi connectivity index (χ3n) is 3.01. The first-order chi connectivity index (χ1) is 8.38. The van der Waals surface area contributed by atoms with Crippen molar-refractivity contribution in [1.29, 1.82) is 0 Å². The van der Waals surface area contributed by atoms with Gasteiger partial charge in [0.25, 0.3) is 0 Å². The van der Waals surface area contributed by atoms with Crippen LogP contribution in [0.3, 0.4) is 0 Å². The molecule has 5 nitrogen and oxygen atoms in total. The van der Waals surface area contributed by atoms with Gasteiger partial charge in [-0.25, -0.2) is 0 Å². The van der Waals surface area contributed by atoms with Gasteiger partial charge in [-0.1, -0.05) is 0 Å². The molecule has 2 rings (SSSR count). The molecule has 0 aliphatic carbocycles. The second-order valence-corrected chi connectivity index (χ2v) is 4.29. The predicted molar refractivity (Wildman–Crippen MR) is 67.4 cm³/mol. The van der Waals surface area contributed by atoms with Crippen molar-refractivity contribution in [2.24, 2.45) is 0 Å². The highest BCUT2D eigenvalue weighted by Gasteiger charge is 2.09. The van der Waals surface area contributed by atoms with Gasteiger partial charge in [0.05, 0.1) is 7.11 Å². The summed E-state index contributed by atoms with van der Waals surface area (Å²) in [6, 6.07) is 3.71. The molecule has 1 N–H and O–H groups in total. The summed E-state index contributed by atoms with van der Waals surface area (Å²) in [5, 5.41) is 11.2. The Labute approximate surface area is 102 Å². The largest absolute Gasteiger partial charge is 0.480 e. The molecule has 94 valence electrons. The van der Waals surface area contributed by atoms with Crippen molar-refractivity contribution in [3.8, 4) is 5.88 Å². The van der Waals surface area contributed by atoms with E-state index < -0.39 is 0 Å². The van der Waals surface area contributed by atoms with Gasteiger partial charge in [-0.15, -0.1) is 10.2 Å². The number of hydrogen-bond acceptors (Lipinski definition) is 5. The summed E-state index contributed by atoms with van der Waals surface area (Å²) in [7, 11) is 1.59. The summed E-state index contributed by atoms with van der Waals surface area (Å²) < 4.78 is 4.95. The number of hydrogen-bond donors (Lipinski definition) is 1. The number of methoxy groups -OCH3 is 1. The van der Waals surface area contributed by atoms with Gasteiger partial charge >= 0.3 is 0 Å². The van der Waals surface area contributed by atoms with Crippen LogP contribution in [-0.2, 0) is 0 Å². The zero-order valence-electron chi connectivity index (χ0n) is 10.4. The van der Waals surface area contributed by atoms with Gasteiger partial charge in [0.15, 0.2) is 0 Å². The highest BCUT2D eigenvalue weighted by molar-refractivity contribution is 5.33. The standard InChI is InChI=1S/C12H20N4O/c1-17-12-6-5-11(14-15-12)13-7-4-10-16-8-2-3-9-16/h5-6H,2-4,7-10H2,1H3,(H,13,14). The van der Waals surface area contributed by atoms with Crippen molar-refractivity contribution in [1.82, 2.24) is 15.1 Å². The summed E-state index contributed by atoms with van der Waals surface area (Å²) in [4.78, 5) is 2.52. The van der Waals surface area contributed by atoms with Gasteiger partial charge in [-0.3, -0.25) is 0 Å². The van der Waals surface area contributed by atoms with Crippen LogP contribution in [0.15, 0.2) is 12.1 Å². The second kappa shape index (κ2) is 6.39. The monoisotopic (exact) mass is 236 g/mol. The van der Waals surface area contributed by atoms with Gasteiger partial charge in [0.2, 0.25) is 5.88 Å². The van der Waals surface area contributed by atoms with Crippen molar-refractivity contribution in [2.75, 3.05) is 38.6 Å². The van der Waals surface area contributed by atoms with E-state index in [0.717, 1.165) is 18.8 Å². The molecular formula is C12H20N4O. The SMILES string of the molecule is COc1ccc(NCCCN2CCCC2)nn1. The average Bonchev–Trinajstić information content (AvgIpc) is 2.88. The number of rotatable bonds is 6. The Morgan fingerprint density at radius 2 is 2.12 bits per heavy atom. The fourth-order valence-electron chi connectivity index (χ4n) is 2.05. The Morgan fingerprint density at radius 1 is 1.29 bits per heavy atom. The Balaban J connectivity index is 1.63. The third kappa shape index (κ3) is 3.85. The molecule has 0 radical (unpaired) electrons. The maximum atomic E-state index is 4.95. The molecule has 1 fully saturated rings. The lowest BCUT2D eigenvalue weighted by atomic mass is 10.4. The van der Waals surface area contributed by atoms with Crippen LogP contribution in [0.1, 0.15) is 19.3 Å². The quantitative estimate of drug-likeness (QED) is 0.756. The van der Waals surface area contributed by atoms with Gasteiger partial charge in [0.1, 0.15) is 5.82 Å². The number of nitrogens with one attached hydrogen (secondary N) is 1. The number of likely N-dealkylation sites (tertiary alicyclic amines) is 1. The first-order valence-electron chi connectivity index (χ1n) is 6.22. The van der Waals surface area contributed by atoms with E-state index in [0.29, 0.717) is 5.88 Å². The maximum Gasteiger partial charge on any atom is 0.233 e. The van der Waals surface area contributed by atoms with Crippen molar-refractivity contribution in [3.63, 3.8) is 0 Å². The van der Waals surface area contributed by atoms with Gasteiger partial charge in [-0.2, -0.15) is 0 Å². The van der Waals surface area contributed by atoms with Crippen LogP contribution in [0.5, 0.6) is 5.88 Å². The van der Waals surface area contributed by atoms with Crippen molar-refractivity contribution in [3.05, 3.63) is 12.1 Å². The fourth-order valence-corrected chi connectivity index (χ4v) is 2.05. The lowest BCUT2D eigenvalue weighted by Crippen LogP contribution is -2.22. The number of nitrogens with zero attached hydrogens (tertiary/aromatic N) is 3.